The number of aryl methyl sites for hydroxylation is 1. The number of guanidine groups is 1. The van der Waals surface area contributed by atoms with Crippen molar-refractivity contribution in [3.63, 3.8) is 0 Å². The van der Waals surface area contributed by atoms with Gasteiger partial charge in [-0.15, -0.1) is 0 Å². The number of allylic oxidation sites excluding steroid dienone is 1. The summed E-state index contributed by atoms with van der Waals surface area (Å²) in [6.07, 6.45) is 8.89. The molecule has 3 N–H and O–H groups in total. The highest BCUT2D eigenvalue weighted by molar-refractivity contribution is 6.09. The van der Waals surface area contributed by atoms with E-state index in [1.54, 1.807) is 4.90 Å². The van der Waals surface area contributed by atoms with E-state index in [0.29, 0.717) is 6.54 Å². The summed E-state index contributed by atoms with van der Waals surface area (Å²) in [5.74, 6) is 0.0951. The van der Waals surface area contributed by atoms with Crippen molar-refractivity contribution in [2.24, 2.45) is 10.7 Å². The Morgan fingerprint density at radius 2 is 1.67 bits per heavy atom. The molecule has 7 heteroatoms. The van der Waals surface area contributed by atoms with E-state index in [0.717, 1.165) is 54.6 Å². The molecule has 3 aromatic carbocycles. The van der Waals surface area contributed by atoms with Gasteiger partial charge in [-0.25, -0.2) is 9.98 Å². The van der Waals surface area contributed by atoms with Gasteiger partial charge in [0.1, 0.15) is 0 Å². The molecule has 1 aliphatic heterocycles. The van der Waals surface area contributed by atoms with Gasteiger partial charge < -0.3 is 15.6 Å². The quantitative estimate of drug-likeness (QED) is 0.300. The first kappa shape index (κ1) is 24.7. The second-order valence-electron chi connectivity index (χ2n) is 10.1. The van der Waals surface area contributed by atoms with Crippen LogP contribution in [0, 0.1) is 0 Å². The molecule has 7 nitrogen and oxygen atoms in total. The predicted molar refractivity (Wildman–Crippen MR) is 153 cm³/mol. The Hall–Kier alpha value is -4.65. The van der Waals surface area contributed by atoms with E-state index in [9.17, 15) is 4.79 Å². The van der Waals surface area contributed by atoms with Gasteiger partial charge in [-0.3, -0.25) is 9.69 Å². The van der Waals surface area contributed by atoms with E-state index in [1.165, 1.54) is 11.3 Å². The topological polar surface area (TPSA) is 88.5 Å². The highest BCUT2D eigenvalue weighted by Crippen LogP contribution is 2.40. The van der Waals surface area contributed by atoms with Crippen LogP contribution in [0.2, 0.25) is 0 Å². The molecule has 0 saturated heterocycles. The average molecular weight is 517 g/mol. The molecule has 0 bridgehead atoms. The molecule has 0 radical (unpaired) electrons. The number of amides is 1. The van der Waals surface area contributed by atoms with Gasteiger partial charge in [-0.1, -0.05) is 78.9 Å². The van der Waals surface area contributed by atoms with Crippen LogP contribution in [0.3, 0.4) is 0 Å². The summed E-state index contributed by atoms with van der Waals surface area (Å²) in [7, 11) is 0. The van der Waals surface area contributed by atoms with Gasteiger partial charge in [-0.2, -0.15) is 0 Å². The number of aromatic nitrogens is 2. The molecule has 2 aliphatic rings. The Bertz CT molecular complexity index is 1460. The van der Waals surface area contributed by atoms with E-state index < -0.39 is 5.54 Å². The van der Waals surface area contributed by atoms with Crippen molar-refractivity contribution < 1.29 is 4.79 Å². The Kier molecular flexibility index (Phi) is 6.71. The Balaban J connectivity index is 1.23. The molecule has 1 aromatic heterocycles. The summed E-state index contributed by atoms with van der Waals surface area (Å²) in [5, 5.41) is 3.67. The lowest BCUT2D eigenvalue weighted by molar-refractivity contribution is -0.130. The first-order valence-electron chi connectivity index (χ1n) is 13.4. The fourth-order valence-electron chi connectivity index (χ4n) is 5.28. The van der Waals surface area contributed by atoms with Crippen LogP contribution in [-0.4, -0.2) is 32.9 Å². The third-order valence-electron chi connectivity index (χ3n) is 7.36. The molecule has 1 saturated carbocycles. The normalized spacial score (nSPS) is 15.8. The largest absolute Gasteiger partial charge is 0.385 e. The van der Waals surface area contributed by atoms with Crippen LogP contribution >= 0.6 is 0 Å². The molecule has 0 unspecified atom stereocenters. The fourth-order valence-corrected chi connectivity index (χ4v) is 5.28. The van der Waals surface area contributed by atoms with E-state index in [2.05, 4.69) is 33.1 Å². The van der Waals surface area contributed by atoms with Gasteiger partial charge in [0.05, 0.1) is 12.9 Å². The monoisotopic (exact) mass is 516 g/mol. The lowest BCUT2D eigenvalue weighted by Crippen LogP contribution is -2.43. The van der Waals surface area contributed by atoms with Crippen molar-refractivity contribution in [2.75, 3.05) is 6.54 Å². The zero-order valence-corrected chi connectivity index (χ0v) is 21.8. The van der Waals surface area contributed by atoms with Crippen molar-refractivity contribution in [1.82, 2.24) is 19.8 Å². The molecule has 196 valence electrons. The summed E-state index contributed by atoms with van der Waals surface area (Å²) in [6.45, 7) is 2.16. The first-order valence-corrected chi connectivity index (χ1v) is 13.4. The van der Waals surface area contributed by atoms with Gasteiger partial charge in [0.2, 0.25) is 0 Å². The molecule has 1 fully saturated rings. The molecular formula is C32H32N6O. The van der Waals surface area contributed by atoms with Crippen molar-refractivity contribution in [3.05, 3.63) is 131 Å². The molecule has 0 atom stereocenters. The number of rotatable bonds is 10. The summed E-state index contributed by atoms with van der Waals surface area (Å²) in [4.78, 5) is 24.7. The zero-order valence-electron chi connectivity index (χ0n) is 21.8. The predicted octanol–water partition coefficient (Wildman–Crippen LogP) is 4.67. The second kappa shape index (κ2) is 10.6. The lowest BCUT2D eigenvalue weighted by Gasteiger charge is -2.27. The number of hydrogen-bond donors (Lipinski definition) is 2. The van der Waals surface area contributed by atoms with Gasteiger partial charge in [0.25, 0.3) is 5.91 Å². The van der Waals surface area contributed by atoms with Crippen molar-refractivity contribution in [1.29, 1.82) is 0 Å². The number of aliphatic imine (C=N–C) groups is 1. The summed E-state index contributed by atoms with van der Waals surface area (Å²) >= 11 is 0. The Morgan fingerprint density at radius 3 is 2.31 bits per heavy atom. The number of carbonyl (C=O) groups is 1. The first-order chi connectivity index (χ1) is 19.1. The maximum absolute atomic E-state index is 14.2. The van der Waals surface area contributed by atoms with Gasteiger partial charge >= 0.3 is 0 Å². The highest BCUT2D eigenvalue weighted by atomic mass is 16.2. The van der Waals surface area contributed by atoms with E-state index in [-0.39, 0.29) is 11.9 Å². The third kappa shape index (κ3) is 4.95. The SMILES string of the molecule is NC1=NC(c2ccccc2)(c2ccccc2)C(=O)N1Cc1cccc(C(NCCCn2ccnc2)=C2CC2)c1. The number of nitrogens with one attached hydrogen (secondary N) is 1. The van der Waals surface area contributed by atoms with Crippen LogP contribution in [0.15, 0.2) is 114 Å². The van der Waals surface area contributed by atoms with Crippen LogP contribution in [-0.2, 0) is 23.4 Å². The minimum Gasteiger partial charge on any atom is -0.385 e. The van der Waals surface area contributed by atoms with Crippen molar-refractivity contribution in [2.45, 2.75) is 37.9 Å². The highest BCUT2D eigenvalue weighted by Gasteiger charge is 2.50. The molecule has 4 aromatic rings. The van der Waals surface area contributed by atoms with Crippen LogP contribution in [0.5, 0.6) is 0 Å². The maximum atomic E-state index is 14.2. The number of nitrogens with zero attached hydrogens (tertiary/aromatic N) is 4. The van der Waals surface area contributed by atoms with E-state index in [4.69, 9.17) is 10.7 Å². The van der Waals surface area contributed by atoms with Crippen LogP contribution in [0.1, 0.15) is 41.5 Å². The van der Waals surface area contributed by atoms with E-state index in [1.807, 2.05) is 85.5 Å². The van der Waals surface area contributed by atoms with Crippen molar-refractivity contribution in [3.8, 4) is 0 Å². The van der Waals surface area contributed by atoms with Crippen LogP contribution in [0.4, 0.5) is 0 Å². The molecule has 0 spiro atoms. The number of benzene rings is 3. The average Bonchev–Trinajstić information content (AvgIpc) is 3.62. The minimum atomic E-state index is -1.19. The van der Waals surface area contributed by atoms with E-state index >= 15 is 0 Å². The Labute approximate surface area is 228 Å². The summed E-state index contributed by atoms with van der Waals surface area (Å²) < 4.78 is 2.09. The minimum absolute atomic E-state index is 0.138. The number of hydrogen-bond acceptors (Lipinski definition) is 5. The number of imidazole rings is 1. The molecule has 6 rings (SSSR count). The standard InChI is InChI=1S/C32H32N6O/c33-31-36-32(27-11-3-1-4-12-27,28-13-5-2-6-14-28)30(39)38(31)22-24-9-7-10-26(21-24)29(25-15-16-25)35-17-8-19-37-20-18-34-23-37/h1-7,9-14,18,20-21,23,35H,8,15-17,19,22H2,(H2,33,36). The van der Waals surface area contributed by atoms with Gasteiger partial charge in [0.15, 0.2) is 11.5 Å². The molecule has 39 heavy (non-hydrogen) atoms. The molecule has 2 heterocycles. The fraction of sp³-hybridized carbons (Fsp3) is 0.219. The third-order valence-corrected chi connectivity index (χ3v) is 7.36. The maximum Gasteiger partial charge on any atom is 0.266 e. The molecule has 1 amide bonds. The zero-order chi connectivity index (χ0) is 26.7. The molecule has 1 aliphatic carbocycles. The number of carbonyl (C=O) groups excluding carboxylic acids is 1. The summed E-state index contributed by atoms with van der Waals surface area (Å²) in [6, 6.07) is 27.8. The summed E-state index contributed by atoms with van der Waals surface area (Å²) in [5.41, 5.74) is 11.7. The van der Waals surface area contributed by atoms with Crippen LogP contribution in [0.25, 0.3) is 5.70 Å². The number of nitrogens with two attached hydrogens (primary N) is 1. The Morgan fingerprint density at radius 1 is 0.949 bits per heavy atom. The molecular weight excluding hydrogens is 484 g/mol. The van der Waals surface area contributed by atoms with Gasteiger partial charge in [-0.05, 0) is 53.2 Å². The van der Waals surface area contributed by atoms with Crippen LogP contribution < -0.4 is 11.1 Å². The smallest absolute Gasteiger partial charge is 0.266 e. The second-order valence-corrected chi connectivity index (χ2v) is 10.1. The van der Waals surface area contributed by atoms with Gasteiger partial charge in [0, 0.05) is 31.2 Å². The van der Waals surface area contributed by atoms with Crippen molar-refractivity contribution >= 4 is 17.6 Å². The lowest BCUT2D eigenvalue weighted by atomic mass is 9.83.